The Morgan fingerprint density at radius 1 is 1.19 bits per heavy atom. The lowest BCUT2D eigenvalue weighted by molar-refractivity contribution is -0.122. The van der Waals surface area contributed by atoms with E-state index < -0.39 is 6.10 Å². The number of rotatable bonds is 4. The molecule has 3 nitrogen and oxygen atoms in total. The van der Waals surface area contributed by atoms with Gasteiger partial charge in [0.15, 0.2) is 6.10 Å². The molecule has 0 aliphatic carbocycles. The van der Waals surface area contributed by atoms with Crippen molar-refractivity contribution in [1.82, 2.24) is 0 Å². The van der Waals surface area contributed by atoms with Gasteiger partial charge in [0, 0.05) is 10.2 Å². The van der Waals surface area contributed by atoms with E-state index in [1.807, 2.05) is 0 Å². The number of nitrogens with one attached hydrogen (secondary N) is 1. The van der Waals surface area contributed by atoms with Crippen LogP contribution < -0.4 is 10.1 Å². The van der Waals surface area contributed by atoms with Crippen LogP contribution in [0.15, 0.2) is 46.9 Å². The van der Waals surface area contributed by atoms with E-state index in [4.69, 9.17) is 27.9 Å². The maximum Gasteiger partial charge on any atom is 0.265 e. The zero-order chi connectivity index (χ0) is 15.4. The molecule has 0 saturated carbocycles. The molecule has 110 valence electrons. The number of para-hydroxylation sites is 1. The predicted molar refractivity (Wildman–Crippen MR) is 89.3 cm³/mol. The van der Waals surface area contributed by atoms with Gasteiger partial charge in [0.05, 0.1) is 10.0 Å². The molecule has 2 aromatic carbocycles. The lowest BCUT2D eigenvalue weighted by atomic mass is 10.3. The molecule has 1 N–H and O–H groups in total. The van der Waals surface area contributed by atoms with Gasteiger partial charge in [-0.3, -0.25) is 4.79 Å². The largest absolute Gasteiger partial charge is 0.479 e. The summed E-state index contributed by atoms with van der Waals surface area (Å²) in [5.74, 6) is 0.184. The first kappa shape index (κ1) is 16.1. The molecule has 2 rings (SSSR count). The summed E-state index contributed by atoms with van der Waals surface area (Å²) in [5, 5.41) is 3.72. The molecule has 0 fully saturated rings. The topological polar surface area (TPSA) is 38.3 Å². The number of hydrogen-bond acceptors (Lipinski definition) is 2. The Balaban J connectivity index is 2.02. The Labute approximate surface area is 141 Å². The molecule has 0 aliphatic heterocycles. The van der Waals surface area contributed by atoms with Crippen LogP contribution in [0, 0.1) is 0 Å². The van der Waals surface area contributed by atoms with Gasteiger partial charge in [-0.2, -0.15) is 0 Å². The molecular weight excluding hydrogens is 377 g/mol. The Morgan fingerprint density at radius 3 is 2.57 bits per heavy atom. The van der Waals surface area contributed by atoms with E-state index in [9.17, 15) is 4.79 Å². The van der Waals surface area contributed by atoms with Crippen LogP contribution >= 0.6 is 39.1 Å². The van der Waals surface area contributed by atoms with E-state index in [0.29, 0.717) is 21.5 Å². The summed E-state index contributed by atoms with van der Waals surface area (Å²) in [4.78, 5) is 12.1. The van der Waals surface area contributed by atoms with Gasteiger partial charge in [0.25, 0.3) is 5.91 Å². The van der Waals surface area contributed by atoms with Crippen molar-refractivity contribution in [2.45, 2.75) is 13.0 Å². The van der Waals surface area contributed by atoms with Crippen LogP contribution in [0.4, 0.5) is 5.69 Å². The van der Waals surface area contributed by atoms with Crippen molar-refractivity contribution in [2.75, 3.05) is 5.32 Å². The van der Waals surface area contributed by atoms with Gasteiger partial charge < -0.3 is 10.1 Å². The van der Waals surface area contributed by atoms with E-state index in [-0.39, 0.29) is 5.91 Å². The summed E-state index contributed by atoms with van der Waals surface area (Å²) in [6.07, 6.45) is -0.688. The van der Waals surface area contributed by atoms with Crippen LogP contribution in [0.25, 0.3) is 0 Å². The predicted octanol–water partition coefficient (Wildman–Crippen LogP) is 5.16. The lowest BCUT2D eigenvalue weighted by Gasteiger charge is -2.15. The van der Waals surface area contributed by atoms with Crippen molar-refractivity contribution in [2.24, 2.45) is 0 Å². The molecule has 0 bridgehead atoms. The zero-order valence-corrected chi connectivity index (χ0v) is 14.2. The zero-order valence-electron chi connectivity index (χ0n) is 11.1. The minimum Gasteiger partial charge on any atom is -0.479 e. The molecule has 21 heavy (non-hydrogen) atoms. The summed E-state index contributed by atoms with van der Waals surface area (Å²) in [6.45, 7) is 1.65. The third-order valence-corrected chi connectivity index (χ3v) is 4.24. The fourth-order valence-corrected chi connectivity index (χ4v) is 2.21. The van der Waals surface area contributed by atoms with Crippen molar-refractivity contribution in [3.63, 3.8) is 0 Å². The van der Waals surface area contributed by atoms with E-state index in [2.05, 4.69) is 21.2 Å². The van der Waals surface area contributed by atoms with Crippen LogP contribution in [0.2, 0.25) is 10.0 Å². The van der Waals surface area contributed by atoms with Crippen molar-refractivity contribution >= 4 is 50.7 Å². The molecular formula is C15H12BrCl2NO2. The first-order valence-corrected chi connectivity index (χ1v) is 7.69. The third-order valence-electron chi connectivity index (χ3n) is 2.70. The van der Waals surface area contributed by atoms with Crippen LogP contribution in [-0.2, 0) is 4.79 Å². The second kappa shape index (κ2) is 7.16. The minimum atomic E-state index is -0.688. The van der Waals surface area contributed by atoms with Crippen LogP contribution in [-0.4, -0.2) is 12.0 Å². The second-order valence-electron chi connectivity index (χ2n) is 4.31. The fourth-order valence-electron chi connectivity index (χ4n) is 1.60. The number of carbonyl (C=O) groups excluding carboxylic acids is 1. The number of carbonyl (C=O) groups is 1. The third kappa shape index (κ3) is 4.37. The molecule has 1 atom stereocenters. The highest BCUT2D eigenvalue weighted by Crippen LogP contribution is 2.26. The molecule has 0 unspecified atom stereocenters. The van der Waals surface area contributed by atoms with Gasteiger partial charge in [-0.05, 0) is 53.2 Å². The number of halogens is 3. The van der Waals surface area contributed by atoms with Gasteiger partial charge in [-0.15, -0.1) is 0 Å². The van der Waals surface area contributed by atoms with Crippen molar-refractivity contribution in [1.29, 1.82) is 0 Å². The normalized spacial score (nSPS) is 11.8. The average Bonchev–Trinajstić information content (AvgIpc) is 2.45. The number of anilines is 1. The van der Waals surface area contributed by atoms with E-state index >= 15 is 0 Å². The molecule has 0 heterocycles. The Bertz CT molecular complexity index is 664. The molecule has 0 radical (unpaired) electrons. The Kier molecular flexibility index (Phi) is 5.51. The summed E-state index contributed by atoms with van der Waals surface area (Å²) < 4.78 is 6.31. The quantitative estimate of drug-likeness (QED) is 0.785. The van der Waals surface area contributed by atoms with Crippen LogP contribution in [0.1, 0.15) is 6.92 Å². The van der Waals surface area contributed by atoms with Gasteiger partial charge in [0.2, 0.25) is 0 Å². The summed E-state index contributed by atoms with van der Waals surface area (Å²) in [7, 11) is 0. The lowest BCUT2D eigenvalue weighted by Crippen LogP contribution is -2.30. The average molecular weight is 389 g/mol. The van der Waals surface area contributed by atoms with Crippen LogP contribution in [0.3, 0.4) is 0 Å². The SMILES string of the molecule is C[C@@H](Oc1ccccc1Cl)C(=O)Nc1ccc(Br)c(Cl)c1. The summed E-state index contributed by atoms with van der Waals surface area (Å²) in [6, 6.07) is 12.2. The smallest absolute Gasteiger partial charge is 0.265 e. The summed E-state index contributed by atoms with van der Waals surface area (Å²) in [5.41, 5.74) is 0.600. The number of amides is 1. The van der Waals surface area contributed by atoms with Gasteiger partial charge >= 0.3 is 0 Å². The first-order chi connectivity index (χ1) is 9.97. The fraction of sp³-hybridized carbons (Fsp3) is 0.133. The van der Waals surface area contributed by atoms with Gasteiger partial charge in [-0.1, -0.05) is 35.3 Å². The molecule has 0 spiro atoms. The second-order valence-corrected chi connectivity index (χ2v) is 5.98. The molecule has 6 heteroatoms. The van der Waals surface area contributed by atoms with Gasteiger partial charge in [-0.25, -0.2) is 0 Å². The minimum absolute atomic E-state index is 0.284. The number of hydrogen-bond donors (Lipinski definition) is 1. The molecule has 1 amide bonds. The Hall–Kier alpha value is -1.23. The van der Waals surface area contributed by atoms with Crippen LogP contribution in [0.5, 0.6) is 5.75 Å². The van der Waals surface area contributed by atoms with Crippen molar-refractivity contribution < 1.29 is 9.53 Å². The Morgan fingerprint density at radius 2 is 1.90 bits per heavy atom. The maximum atomic E-state index is 12.1. The standard InChI is InChI=1S/C15H12BrCl2NO2/c1-9(21-14-5-3-2-4-12(14)17)15(20)19-10-6-7-11(16)13(18)8-10/h2-9H,1H3,(H,19,20)/t9-/m1/s1. The molecule has 2 aromatic rings. The number of benzene rings is 2. The maximum absolute atomic E-state index is 12.1. The van der Waals surface area contributed by atoms with Gasteiger partial charge in [0.1, 0.15) is 5.75 Å². The first-order valence-electron chi connectivity index (χ1n) is 6.14. The molecule has 0 aromatic heterocycles. The number of ether oxygens (including phenoxy) is 1. The highest BCUT2D eigenvalue weighted by atomic mass is 79.9. The van der Waals surface area contributed by atoms with E-state index in [1.54, 1.807) is 49.4 Å². The highest BCUT2D eigenvalue weighted by molar-refractivity contribution is 9.10. The summed E-state index contributed by atoms with van der Waals surface area (Å²) >= 11 is 15.3. The molecule has 0 saturated heterocycles. The van der Waals surface area contributed by atoms with Crippen molar-refractivity contribution in [3.05, 3.63) is 57.0 Å². The van der Waals surface area contributed by atoms with E-state index in [0.717, 1.165) is 4.47 Å². The van der Waals surface area contributed by atoms with Crippen molar-refractivity contribution in [3.8, 4) is 5.75 Å². The van der Waals surface area contributed by atoms with E-state index in [1.165, 1.54) is 0 Å². The monoisotopic (exact) mass is 387 g/mol. The molecule has 0 aliphatic rings. The highest BCUT2D eigenvalue weighted by Gasteiger charge is 2.16.